The van der Waals surface area contributed by atoms with Crippen molar-refractivity contribution in [3.8, 4) is 0 Å². The molecule has 0 aliphatic carbocycles. The molecule has 0 atom stereocenters. The largest absolute Gasteiger partial charge is 0.463 e. The van der Waals surface area contributed by atoms with Crippen molar-refractivity contribution in [1.29, 1.82) is 0 Å². The van der Waals surface area contributed by atoms with Crippen LogP contribution in [0, 0.1) is 0 Å². The monoisotopic (exact) mass is 173 g/mol. The van der Waals surface area contributed by atoms with Crippen molar-refractivity contribution in [1.82, 2.24) is 0 Å². The van der Waals surface area contributed by atoms with Gasteiger partial charge in [-0.15, -0.1) is 0 Å². The zero-order valence-electron chi connectivity index (χ0n) is 5.89. The molecule has 0 aliphatic rings. The van der Waals surface area contributed by atoms with E-state index in [1.54, 1.807) is 12.1 Å². The Morgan fingerprint density at radius 1 is 1.64 bits per heavy atom. The van der Waals surface area contributed by atoms with Gasteiger partial charge in [-0.1, -0.05) is 0 Å². The van der Waals surface area contributed by atoms with Crippen LogP contribution in [0.4, 0.5) is 0 Å². The molecular formula is C6H7NO3S. The van der Waals surface area contributed by atoms with Crippen LogP contribution >= 0.6 is 0 Å². The van der Waals surface area contributed by atoms with Gasteiger partial charge in [0.25, 0.3) is 0 Å². The highest BCUT2D eigenvalue weighted by atomic mass is 32.2. The Balaban J connectivity index is 2.79. The van der Waals surface area contributed by atoms with Gasteiger partial charge in [0.1, 0.15) is 5.76 Å². The van der Waals surface area contributed by atoms with E-state index in [-0.39, 0.29) is 0 Å². The molecule has 0 amide bonds. The summed E-state index contributed by atoms with van der Waals surface area (Å²) < 4.78 is 29.0. The van der Waals surface area contributed by atoms with Crippen LogP contribution in [0.25, 0.3) is 0 Å². The van der Waals surface area contributed by atoms with Gasteiger partial charge in [-0.3, -0.25) is 0 Å². The third kappa shape index (κ3) is 2.99. The average molecular weight is 173 g/mol. The summed E-state index contributed by atoms with van der Waals surface area (Å²) in [6.07, 6.45) is 3.63. The van der Waals surface area contributed by atoms with Crippen LogP contribution in [-0.4, -0.2) is 20.9 Å². The maximum absolute atomic E-state index is 10.5. The van der Waals surface area contributed by atoms with E-state index in [4.69, 9.17) is 4.42 Å². The van der Waals surface area contributed by atoms with Crippen LogP contribution < -0.4 is 0 Å². The zero-order chi connectivity index (χ0) is 8.32. The Labute approximate surface area is 64.6 Å². The normalized spacial score (nSPS) is 12.5. The molecule has 1 aromatic heterocycles. The van der Waals surface area contributed by atoms with Crippen LogP contribution in [0.2, 0.25) is 0 Å². The average Bonchev–Trinajstić information content (AvgIpc) is 2.32. The number of nitrogens with zero attached hydrogens (tertiary/aromatic N) is 1. The fourth-order valence-corrected chi connectivity index (χ4v) is 0.808. The van der Waals surface area contributed by atoms with E-state index in [0.717, 1.165) is 12.5 Å². The summed E-state index contributed by atoms with van der Waals surface area (Å²) in [5.41, 5.74) is 0. The molecule has 60 valence electrons. The van der Waals surface area contributed by atoms with Gasteiger partial charge in [0.15, 0.2) is 0 Å². The van der Waals surface area contributed by atoms with Gasteiger partial charge in [0.05, 0.1) is 18.7 Å². The maximum atomic E-state index is 10.5. The van der Waals surface area contributed by atoms with Gasteiger partial charge in [-0.2, -0.15) is 4.40 Å². The molecule has 0 bridgehead atoms. The number of hydrogen-bond acceptors (Lipinski definition) is 3. The molecule has 1 aromatic rings. The minimum absolute atomic E-state index is 0.426. The first-order chi connectivity index (χ1) is 5.08. The van der Waals surface area contributed by atoms with Crippen molar-refractivity contribution < 1.29 is 12.8 Å². The highest BCUT2D eigenvalue weighted by Gasteiger charge is 1.94. The summed E-state index contributed by atoms with van der Waals surface area (Å²) in [6.45, 7) is 0. The molecule has 0 aromatic carbocycles. The predicted molar refractivity (Wildman–Crippen MR) is 41.1 cm³/mol. The minimum Gasteiger partial charge on any atom is -0.463 e. The topological polar surface area (TPSA) is 59.6 Å². The lowest BCUT2D eigenvalue weighted by molar-refractivity contribution is 0.560. The minimum atomic E-state index is -3.29. The van der Waals surface area contributed by atoms with Crippen molar-refractivity contribution in [3.05, 3.63) is 24.2 Å². The fourth-order valence-electron chi connectivity index (χ4n) is 0.512. The van der Waals surface area contributed by atoms with Gasteiger partial charge < -0.3 is 4.42 Å². The standard InChI is InChI=1S/C6H7NO3S/c1-11(8,9)7-5-6-3-2-4-10-6/h2-5H,1H3. The van der Waals surface area contributed by atoms with Gasteiger partial charge >= 0.3 is 0 Å². The Hall–Kier alpha value is -1.10. The Kier molecular flexibility index (Phi) is 2.09. The molecule has 4 nitrogen and oxygen atoms in total. The summed E-state index contributed by atoms with van der Waals surface area (Å²) >= 11 is 0. The Morgan fingerprint density at radius 3 is 2.82 bits per heavy atom. The molecule has 0 spiro atoms. The summed E-state index contributed by atoms with van der Waals surface area (Å²) in [7, 11) is -3.29. The third-order valence-corrected chi connectivity index (χ3v) is 1.40. The van der Waals surface area contributed by atoms with E-state index >= 15 is 0 Å². The van der Waals surface area contributed by atoms with Gasteiger partial charge in [0, 0.05) is 0 Å². The van der Waals surface area contributed by atoms with Crippen LogP contribution in [0.5, 0.6) is 0 Å². The van der Waals surface area contributed by atoms with Crippen molar-refractivity contribution >= 4 is 16.2 Å². The molecular weight excluding hydrogens is 166 g/mol. The van der Waals surface area contributed by atoms with Crippen LogP contribution in [0.15, 0.2) is 27.2 Å². The smallest absolute Gasteiger partial charge is 0.250 e. The van der Waals surface area contributed by atoms with Crippen molar-refractivity contribution in [3.63, 3.8) is 0 Å². The second-order valence-corrected chi connectivity index (χ2v) is 3.66. The molecule has 0 aliphatic heterocycles. The number of rotatable bonds is 2. The Morgan fingerprint density at radius 2 is 2.36 bits per heavy atom. The lowest BCUT2D eigenvalue weighted by Gasteiger charge is -1.83. The lowest BCUT2D eigenvalue weighted by Crippen LogP contribution is -1.90. The van der Waals surface area contributed by atoms with Gasteiger partial charge in [-0.05, 0) is 12.1 Å². The Bertz CT molecular complexity index is 336. The van der Waals surface area contributed by atoms with Crippen LogP contribution in [0.1, 0.15) is 5.76 Å². The first kappa shape index (κ1) is 8.00. The number of hydrogen-bond donors (Lipinski definition) is 0. The summed E-state index contributed by atoms with van der Waals surface area (Å²) in [5, 5.41) is 0. The van der Waals surface area contributed by atoms with E-state index in [2.05, 4.69) is 4.40 Å². The van der Waals surface area contributed by atoms with Gasteiger partial charge in [-0.25, -0.2) is 8.42 Å². The SMILES string of the molecule is CS(=O)(=O)N=Cc1ccco1. The molecule has 1 heterocycles. The fraction of sp³-hybridized carbons (Fsp3) is 0.167. The number of furan rings is 1. The van der Waals surface area contributed by atoms with Gasteiger partial charge in [0.2, 0.25) is 10.0 Å². The van der Waals surface area contributed by atoms with Crippen LogP contribution in [-0.2, 0) is 10.0 Å². The molecule has 5 heteroatoms. The molecule has 0 N–H and O–H groups in total. The highest BCUT2D eigenvalue weighted by Crippen LogP contribution is 1.96. The van der Waals surface area contributed by atoms with Crippen molar-refractivity contribution in [2.45, 2.75) is 0 Å². The van der Waals surface area contributed by atoms with Crippen LogP contribution in [0.3, 0.4) is 0 Å². The second-order valence-electron chi connectivity index (χ2n) is 1.98. The molecule has 11 heavy (non-hydrogen) atoms. The lowest BCUT2D eigenvalue weighted by atomic mass is 10.5. The van der Waals surface area contributed by atoms with E-state index in [1.807, 2.05) is 0 Å². The molecule has 1 rings (SSSR count). The zero-order valence-corrected chi connectivity index (χ0v) is 6.71. The molecule has 0 radical (unpaired) electrons. The van der Waals surface area contributed by atoms with Crippen molar-refractivity contribution in [2.75, 3.05) is 6.26 Å². The first-order valence-electron chi connectivity index (χ1n) is 2.87. The highest BCUT2D eigenvalue weighted by molar-refractivity contribution is 7.89. The molecule has 0 saturated heterocycles. The predicted octanol–water partition coefficient (Wildman–Crippen LogP) is 0.658. The van der Waals surface area contributed by atoms with E-state index < -0.39 is 10.0 Å². The summed E-state index contributed by atoms with van der Waals surface area (Å²) in [5.74, 6) is 0.426. The van der Waals surface area contributed by atoms with Crippen molar-refractivity contribution in [2.24, 2.45) is 4.40 Å². The molecule has 0 fully saturated rings. The maximum Gasteiger partial charge on any atom is 0.250 e. The molecule has 0 unspecified atom stereocenters. The second kappa shape index (κ2) is 2.87. The third-order valence-electron chi connectivity index (χ3n) is 0.915. The summed E-state index contributed by atoms with van der Waals surface area (Å²) in [6, 6.07) is 3.28. The summed E-state index contributed by atoms with van der Waals surface area (Å²) in [4.78, 5) is 0. The van der Waals surface area contributed by atoms with E-state index in [1.165, 1.54) is 6.26 Å². The van der Waals surface area contributed by atoms with E-state index in [0.29, 0.717) is 5.76 Å². The molecule has 0 saturated carbocycles. The van der Waals surface area contributed by atoms with E-state index in [9.17, 15) is 8.42 Å². The quantitative estimate of drug-likeness (QED) is 0.617. The first-order valence-corrected chi connectivity index (χ1v) is 4.71. The number of sulfonamides is 1.